The van der Waals surface area contributed by atoms with Gasteiger partial charge < -0.3 is 46.5 Å². The van der Waals surface area contributed by atoms with E-state index >= 15 is 0 Å². The fourth-order valence-electron chi connectivity index (χ4n) is 13.4. The SMILES string of the molecule is C.C.C.CC(=O)NCCCn1nnc(-c2ccc(C3=CC4(CCNCC4)Oc4ccccc43)cc2)n1.CC(=O)NCCn1nnc(-c2ccc(C3=CC4(CCNCC4)Oc4ccccc43)cc2)n1.NCCCCCCn1nnc(-c2ccc(C3=CC4(CCNCC4)Oc4ccccc43)cc2)n1. The summed E-state index contributed by atoms with van der Waals surface area (Å²) in [6.07, 6.45) is 17.9. The molecule has 6 aromatic carbocycles. The minimum atomic E-state index is -0.258. The molecule has 6 aliphatic heterocycles. The molecule has 0 bridgehead atoms. The predicted molar refractivity (Wildman–Crippen MR) is 396 cm³/mol. The number of ether oxygens (including phenoxy) is 3. The minimum absolute atomic E-state index is 0. The van der Waals surface area contributed by atoms with Gasteiger partial charge in [0, 0.05) is 98.8 Å². The van der Waals surface area contributed by atoms with Crippen molar-refractivity contribution in [2.45, 2.75) is 143 Å². The Morgan fingerprint density at radius 2 is 0.713 bits per heavy atom. The van der Waals surface area contributed by atoms with Crippen LogP contribution in [0.3, 0.4) is 0 Å². The van der Waals surface area contributed by atoms with E-state index < -0.39 is 0 Å². The number of benzene rings is 6. The van der Waals surface area contributed by atoms with E-state index in [1.165, 1.54) is 40.9 Å². The molecule has 9 heterocycles. The highest BCUT2D eigenvalue weighted by Gasteiger charge is 2.40. The fraction of sp³-hybridized carbons (Fsp3) is 0.397. The molecular weight excluding hydrogens is 1270 g/mol. The van der Waals surface area contributed by atoms with Crippen LogP contribution in [0.25, 0.3) is 50.9 Å². The number of aryl methyl sites for hydroxylation is 2. The van der Waals surface area contributed by atoms with Gasteiger partial charge in [-0.05, 0) is 151 Å². The standard InChI is InChI=1S/C26H32N6O.C25H28N6O2.C24H26N6O2.3CH4/c27-15-5-1-2-6-18-32-30-25(29-31-32)21-11-9-20(10-12-21)23-19-26(13-16-28-17-14-26)33-24-8-4-3-7-22(23)24;1-18(32)27-13-4-16-31-29-24(28-30-31)20-9-7-19(8-10-20)22-17-25(11-14-26-15-12-25)33-23-6-3-2-5-21(22)23;1-17(31)26-14-15-30-28-23(27-29-30)19-8-6-18(7-9-19)21-16-24(10-12-25-13-11-24)32-22-5-3-2-4-20(21)22;;;/h3-4,7-12,19,28H,1-2,5-6,13-18,27H2;2-3,5-10,17,26H,4,11-16H2,1H3,(H,27,32);2-9,16,25H,10-15H2,1H3,(H,26,31);3*1H4. The molecule has 15 rings (SSSR count). The first-order chi connectivity index (χ1) is 48.0. The van der Waals surface area contributed by atoms with Crippen LogP contribution in [0.15, 0.2) is 164 Å². The molecule has 530 valence electrons. The van der Waals surface area contributed by atoms with Gasteiger partial charge in [-0.1, -0.05) is 163 Å². The average Bonchev–Trinajstić information content (AvgIpc) is 1.17. The third-order valence-corrected chi connectivity index (χ3v) is 18.7. The Bertz CT molecular complexity index is 4270. The van der Waals surface area contributed by atoms with Gasteiger partial charge in [-0.25, -0.2) is 0 Å². The number of para-hydroxylation sites is 3. The van der Waals surface area contributed by atoms with Crippen molar-refractivity contribution < 1.29 is 23.8 Å². The number of rotatable bonds is 19. The van der Waals surface area contributed by atoms with Gasteiger partial charge in [-0.2, -0.15) is 14.4 Å². The summed E-state index contributed by atoms with van der Waals surface area (Å²) in [5.41, 5.74) is 18.1. The Labute approximate surface area is 593 Å². The number of fused-ring (bicyclic) bond motifs is 3. The van der Waals surface area contributed by atoms with Crippen LogP contribution >= 0.6 is 0 Å². The Hall–Kier alpha value is -10.1. The van der Waals surface area contributed by atoms with Gasteiger partial charge in [0.25, 0.3) is 0 Å². The fourth-order valence-corrected chi connectivity index (χ4v) is 13.4. The molecule has 7 N–H and O–H groups in total. The largest absolute Gasteiger partial charge is 0.482 e. The Balaban J connectivity index is 0.000000161. The van der Waals surface area contributed by atoms with Crippen LogP contribution in [0.5, 0.6) is 17.2 Å². The number of carbonyl (C=O) groups is 2. The van der Waals surface area contributed by atoms with E-state index in [2.05, 4.69) is 188 Å². The molecule has 23 heteroatoms. The molecule has 3 fully saturated rings. The smallest absolute Gasteiger partial charge is 0.216 e. The lowest BCUT2D eigenvalue weighted by atomic mass is 9.83. The number of aromatic nitrogens is 12. The quantitative estimate of drug-likeness (QED) is 0.0410. The maximum atomic E-state index is 11.0. The van der Waals surface area contributed by atoms with Crippen LogP contribution in [0.1, 0.15) is 140 Å². The molecule has 3 saturated heterocycles. The van der Waals surface area contributed by atoms with E-state index in [1.54, 1.807) is 9.59 Å². The predicted octanol–water partition coefficient (Wildman–Crippen LogP) is 10.9. The van der Waals surface area contributed by atoms with Gasteiger partial charge in [0.05, 0.1) is 19.6 Å². The van der Waals surface area contributed by atoms with Gasteiger partial charge >= 0.3 is 0 Å². The Kier molecular flexibility index (Phi) is 25.0. The second-order valence-corrected chi connectivity index (χ2v) is 25.8. The van der Waals surface area contributed by atoms with Gasteiger partial charge in [-0.3, -0.25) is 9.59 Å². The topological polar surface area (TPSA) is 279 Å². The van der Waals surface area contributed by atoms with E-state index in [1.807, 2.05) is 48.5 Å². The van der Waals surface area contributed by atoms with Crippen molar-refractivity contribution in [1.29, 1.82) is 0 Å². The molecule has 0 unspecified atom stereocenters. The van der Waals surface area contributed by atoms with Crippen molar-refractivity contribution in [1.82, 2.24) is 87.2 Å². The van der Waals surface area contributed by atoms with Gasteiger partial charge in [0.15, 0.2) is 0 Å². The number of nitrogens with one attached hydrogen (secondary N) is 5. The molecule has 0 radical (unpaired) electrons. The van der Waals surface area contributed by atoms with E-state index in [-0.39, 0.29) is 50.9 Å². The van der Waals surface area contributed by atoms with Crippen molar-refractivity contribution in [3.05, 3.63) is 197 Å². The maximum absolute atomic E-state index is 11.0. The highest BCUT2D eigenvalue weighted by molar-refractivity contribution is 5.88. The average molecular weight is 1370 g/mol. The third-order valence-electron chi connectivity index (χ3n) is 18.7. The molecule has 2 amide bonds. The van der Waals surface area contributed by atoms with Crippen LogP contribution in [0, 0.1) is 0 Å². The number of nitrogens with zero attached hydrogens (tertiary/aromatic N) is 12. The Morgan fingerprint density at radius 1 is 0.406 bits per heavy atom. The first-order valence-electron chi connectivity index (χ1n) is 34.5. The highest BCUT2D eigenvalue weighted by atomic mass is 16.5. The zero-order valence-corrected chi connectivity index (χ0v) is 55.8. The minimum Gasteiger partial charge on any atom is -0.482 e. The summed E-state index contributed by atoms with van der Waals surface area (Å²) in [5, 5.41) is 54.4. The molecule has 0 atom stereocenters. The second-order valence-electron chi connectivity index (χ2n) is 25.8. The van der Waals surface area contributed by atoms with Crippen molar-refractivity contribution >= 4 is 28.5 Å². The van der Waals surface area contributed by atoms with E-state index in [0.29, 0.717) is 43.7 Å². The number of hydrogen-bond acceptors (Lipinski definition) is 18. The van der Waals surface area contributed by atoms with E-state index in [4.69, 9.17) is 19.9 Å². The molecule has 6 aliphatic rings. The molecule has 9 aromatic rings. The first-order valence-corrected chi connectivity index (χ1v) is 34.5. The number of hydrogen-bond donors (Lipinski definition) is 6. The third kappa shape index (κ3) is 18.1. The second kappa shape index (κ2) is 34.3. The lowest BCUT2D eigenvalue weighted by Gasteiger charge is -2.40. The zero-order valence-electron chi connectivity index (χ0n) is 55.8. The van der Waals surface area contributed by atoms with Crippen LogP contribution in [-0.2, 0) is 29.2 Å². The van der Waals surface area contributed by atoms with Crippen LogP contribution in [-0.4, -0.2) is 148 Å². The normalized spacial score (nSPS) is 16.2. The van der Waals surface area contributed by atoms with Crippen LogP contribution < -0.4 is 46.5 Å². The van der Waals surface area contributed by atoms with Crippen LogP contribution in [0.2, 0.25) is 0 Å². The molecule has 0 saturated carbocycles. The lowest BCUT2D eigenvalue weighted by Crippen LogP contribution is -2.46. The number of nitrogens with two attached hydrogens (primary N) is 1. The van der Waals surface area contributed by atoms with Gasteiger partial charge in [0.2, 0.25) is 29.3 Å². The van der Waals surface area contributed by atoms with Crippen molar-refractivity contribution in [2.75, 3.05) is 58.9 Å². The summed E-state index contributed by atoms with van der Waals surface area (Å²) in [5.74, 6) is 4.58. The number of carbonyl (C=O) groups excluding carboxylic acids is 2. The molecule has 101 heavy (non-hydrogen) atoms. The lowest BCUT2D eigenvalue weighted by molar-refractivity contribution is -0.119. The number of tetrazole rings is 3. The molecule has 23 nitrogen and oxygen atoms in total. The summed E-state index contributed by atoms with van der Waals surface area (Å²) < 4.78 is 19.5. The summed E-state index contributed by atoms with van der Waals surface area (Å²) in [6, 6.07) is 50.0. The molecule has 3 aromatic heterocycles. The summed E-state index contributed by atoms with van der Waals surface area (Å²) in [6.45, 7) is 12.4. The summed E-state index contributed by atoms with van der Waals surface area (Å²) in [4.78, 5) is 26.7. The van der Waals surface area contributed by atoms with Crippen molar-refractivity contribution in [3.8, 4) is 51.4 Å². The molecule has 0 aliphatic carbocycles. The van der Waals surface area contributed by atoms with Gasteiger partial charge in [-0.15, -0.1) is 30.6 Å². The summed E-state index contributed by atoms with van der Waals surface area (Å²) >= 11 is 0. The Morgan fingerprint density at radius 3 is 1.06 bits per heavy atom. The molecule has 3 spiro atoms. The number of amides is 2. The van der Waals surface area contributed by atoms with E-state index in [0.717, 1.165) is 185 Å². The first kappa shape index (κ1) is 73.6. The monoisotopic (exact) mass is 1370 g/mol. The number of piperidine rings is 3. The zero-order chi connectivity index (χ0) is 67.2. The van der Waals surface area contributed by atoms with Crippen LogP contribution in [0.4, 0.5) is 0 Å². The van der Waals surface area contributed by atoms with Crippen molar-refractivity contribution in [2.24, 2.45) is 5.73 Å². The molecular formula is C78H98N18O5. The van der Waals surface area contributed by atoms with Crippen molar-refractivity contribution in [3.63, 3.8) is 0 Å². The maximum Gasteiger partial charge on any atom is 0.216 e. The van der Waals surface area contributed by atoms with Gasteiger partial charge in [0.1, 0.15) is 34.1 Å². The highest BCUT2D eigenvalue weighted by Crippen LogP contribution is 2.46. The summed E-state index contributed by atoms with van der Waals surface area (Å²) in [7, 11) is 0. The number of unbranched alkanes of at least 4 members (excludes halogenated alkanes) is 3. The van der Waals surface area contributed by atoms with E-state index in [9.17, 15) is 9.59 Å².